The molecule has 1 heteroatoms. The third-order valence-corrected chi connectivity index (χ3v) is 3.91. The standard InChI is InChI=1S/C15H22O/c1-16-15(11-6-3-7-12-15)13-10-14-8-4-2-5-9-14/h2,4-5,8-9H,3,6-7,10-13H2,1H3. The Balaban J connectivity index is 1.92. The Hall–Kier alpha value is -0.820. The largest absolute Gasteiger partial charge is 0.378 e. The summed E-state index contributed by atoms with van der Waals surface area (Å²) in [5.74, 6) is 0. The fourth-order valence-electron chi connectivity index (χ4n) is 2.77. The van der Waals surface area contributed by atoms with E-state index in [1.807, 2.05) is 7.11 Å². The molecule has 0 saturated heterocycles. The summed E-state index contributed by atoms with van der Waals surface area (Å²) in [7, 11) is 1.89. The van der Waals surface area contributed by atoms with Crippen LogP contribution >= 0.6 is 0 Å². The minimum Gasteiger partial charge on any atom is -0.378 e. The molecule has 1 aromatic carbocycles. The zero-order chi connectivity index (χ0) is 11.3. The van der Waals surface area contributed by atoms with Crippen LogP contribution in [0, 0.1) is 0 Å². The van der Waals surface area contributed by atoms with Crippen molar-refractivity contribution in [2.24, 2.45) is 0 Å². The molecule has 0 spiro atoms. The summed E-state index contributed by atoms with van der Waals surface area (Å²) in [5, 5.41) is 0. The second kappa shape index (κ2) is 5.49. The number of methoxy groups -OCH3 is 1. The van der Waals surface area contributed by atoms with Gasteiger partial charge in [0.15, 0.2) is 0 Å². The van der Waals surface area contributed by atoms with Crippen LogP contribution in [0.4, 0.5) is 0 Å². The average molecular weight is 218 g/mol. The summed E-state index contributed by atoms with van der Waals surface area (Å²) >= 11 is 0. The number of ether oxygens (including phenoxy) is 1. The lowest BCUT2D eigenvalue weighted by atomic mass is 9.80. The molecule has 0 heterocycles. The zero-order valence-electron chi connectivity index (χ0n) is 10.2. The molecule has 1 nitrogen and oxygen atoms in total. The molecule has 0 bridgehead atoms. The second-order valence-corrected chi connectivity index (χ2v) is 4.93. The van der Waals surface area contributed by atoms with E-state index in [0.717, 1.165) is 6.42 Å². The van der Waals surface area contributed by atoms with Crippen LogP contribution < -0.4 is 0 Å². The monoisotopic (exact) mass is 218 g/mol. The van der Waals surface area contributed by atoms with E-state index in [-0.39, 0.29) is 5.60 Å². The van der Waals surface area contributed by atoms with Gasteiger partial charge in [-0.2, -0.15) is 0 Å². The van der Waals surface area contributed by atoms with Gasteiger partial charge in [0, 0.05) is 7.11 Å². The smallest absolute Gasteiger partial charge is 0.0682 e. The highest BCUT2D eigenvalue weighted by atomic mass is 16.5. The van der Waals surface area contributed by atoms with Crippen molar-refractivity contribution in [2.45, 2.75) is 50.5 Å². The van der Waals surface area contributed by atoms with Crippen molar-refractivity contribution in [2.75, 3.05) is 7.11 Å². The summed E-state index contributed by atoms with van der Waals surface area (Å²) in [4.78, 5) is 0. The molecular formula is C15H22O. The normalized spacial score (nSPS) is 19.6. The average Bonchev–Trinajstić information content (AvgIpc) is 2.39. The predicted molar refractivity (Wildman–Crippen MR) is 67.6 cm³/mol. The highest BCUT2D eigenvalue weighted by molar-refractivity contribution is 5.15. The third kappa shape index (κ3) is 2.85. The van der Waals surface area contributed by atoms with Crippen molar-refractivity contribution in [3.05, 3.63) is 35.9 Å². The molecule has 1 aliphatic carbocycles. The van der Waals surface area contributed by atoms with E-state index in [1.54, 1.807) is 0 Å². The first kappa shape index (κ1) is 11.7. The highest BCUT2D eigenvalue weighted by Gasteiger charge is 2.31. The summed E-state index contributed by atoms with van der Waals surface area (Å²) in [5.41, 5.74) is 1.61. The fraction of sp³-hybridized carbons (Fsp3) is 0.600. The summed E-state index contributed by atoms with van der Waals surface area (Å²) in [6, 6.07) is 10.7. The second-order valence-electron chi connectivity index (χ2n) is 4.93. The molecule has 0 aliphatic heterocycles. The minimum absolute atomic E-state index is 0.175. The minimum atomic E-state index is 0.175. The molecule has 16 heavy (non-hydrogen) atoms. The van der Waals surface area contributed by atoms with Gasteiger partial charge in [-0.1, -0.05) is 49.6 Å². The van der Waals surface area contributed by atoms with E-state index in [1.165, 1.54) is 44.1 Å². The van der Waals surface area contributed by atoms with Crippen molar-refractivity contribution in [3.63, 3.8) is 0 Å². The van der Waals surface area contributed by atoms with Gasteiger partial charge in [-0.25, -0.2) is 0 Å². The molecule has 0 aromatic heterocycles. The Morgan fingerprint density at radius 2 is 1.75 bits per heavy atom. The van der Waals surface area contributed by atoms with Gasteiger partial charge in [-0.15, -0.1) is 0 Å². The Morgan fingerprint density at radius 1 is 1.06 bits per heavy atom. The van der Waals surface area contributed by atoms with Crippen LogP contribution in [0.3, 0.4) is 0 Å². The molecule has 1 aliphatic rings. The molecule has 0 atom stereocenters. The van der Waals surface area contributed by atoms with Crippen LogP contribution in [0.2, 0.25) is 0 Å². The van der Waals surface area contributed by atoms with Crippen LogP contribution in [-0.2, 0) is 11.2 Å². The van der Waals surface area contributed by atoms with E-state index in [2.05, 4.69) is 30.3 Å². The lowest BCUT2D eigenvalue weighted by Gasteiger charge is -2.36. The Kier molecular flexibility index (Phi) is 4.00. The first-order chi connectivity index (χ1) is 7.85. The molecular weight excluding hydrogens is 196 g/mol. The summed E-state index contributed by atoms with van der Waals surface area (Å²) in [6.07, 6.45) is 8.87. The number of hydrogen-bond acceptors (Lipinski definition) is 1. The lowest BCUT2D eigenvalue weighted by Crippen LogP contribution is -2.34. The Morgan fingerprint density at radius 3 is 2.38 bits per heavy atom. The SMILES string of the molecule is COC1(CCc2ccccc2)CCCCC1. The molecule has 1 saturated carbocycles. The van der Waals surface area contributed by atoms with Gasteiger partial charge in [-0.3, -0.25) is 0 Å². The first-order valence-electron chi connectivity index (χ1n) is 6.44. The Bertz CT molecular complexity index is 298. The van der Waals surface area contributed by atoms with Crippen molar-refractivity contribution in [3.8, 4) is 0 Å². The lowest BCUT2D eigenvalue weighted by molar-refractivity contribution is -0.0451. The van der Waals surface area contributed by atoms with Gasteiger partial charge >= 0.3 is 0 Å². The van der Waals surface area contributed by atoms with E-state index in [4.69, 9.17) is 4.74 Å². The molecule has 0 N–H and O–H groups in total. The maximum absolute atomic E-state index is 5.80. The van der Waals surface area contributed by atoms with E-state index in [9.17, 15) is 0 Å². The van der Waals surface area contributed by atoms with Crippen LogP contribution in [-0.4, -0.2) is 12.7 Å². The summed E-state index contributed by atoms with van der Waals surface area (Å²) in [6.45, 7) is 0. The van der Waals surface area contributed by atoms with Crippen molar-refractivity contribution in [1.82, 2.24) is 0 Å². The van der Waals surface area contributed by atoms with E-state index >= 15 is 0 Å². The van der Waals surface area contributed by atoms with Crippen LogP contribution in [0.15, 0.2) is 30.3 Å². The van der Waals surface area contributed by atoms with Gasteiger partial charge in [0.2, 0.25) is 0 Å². The van der Waals surface area contributed by atoms with Crippen LogP contribution in [0.25, 0.3) is 0 Å². The zero-order valence-corrected chi connectivity index (χ0v) is 10.2. The quantitative estimate of drug-likeness (QED) is 0.743. The number of rotatable bonds is 4. The van der Waals surface area contributed by atoms with Crippen molar-refractivity contribution < 1.29 is 4.74 Å². The molecule has 0 amide bonds. The topological polar surface area (TPSA) is 9.23 Å². The van der Waals surface area contributed by atoms with Gasteiger partial charge in [0.1, 0.15) is 0 Å². The van der Waals surface area contributed by atoms with Gasteiger partial charge in [-0.05, 0) is 31.2 Å². The predicted octanol–water partition coefficient (Wildman–Crippen LogP) is 3.97. The molecule has 88 valence electrons. The van der Waals surface area contributed by atoms with Gasteiger partial charge in [0.25, 0.3) is 0 Å². The highest BCUT2D eigenvalue weighted by Crippen LogP contribution is 2.34. The summed E-state index contributed by atoms with van der Waals surface area (Å²) < 4.78 is 5.80. The van der Waals surface area contributed by atoms with Crippen molar-refractivity contribution in [1.29, 1.82) is 0 Å². The number of aryl methyl sites for hydroxylation is 1. The Labute approximate surface area is 98.8 Å². The molecule has 1 fully saturated rings. The van der Waals surface area contributed by atoms with Gasteiger partial charge < -0.3 is 4.74 Å². The van der Waals surface area contributed by atoms with Crippen LogP contribution in [0.5, 0.6) is 0 Å². The molecule has 0 unspecified atom stereocenters. The molecule has 2 rings (SSSR count). The van der Waals surface area contributed by atoms with Crippen LogP contribution in [0.1, 0.15) is 44.1 Å². The van der Waals surface area contributed by atoms with E-state index < -0.39 is 0 Å². The third-order valence-electron chi connectivity index (χ3n) is 3.91. The maximum atomic E-state index is 5.80. The van der Waals surface area contributed by atoms with Crippen molar-refractivity contribution >= 4 is 0 Å². The number of hydrogen-bond donors (Lipinski definition) is 0. The first-order valence-corrected chi connectivity index (χ1v) is 6.44. The fourth-order valence-corrected chi connectivity index (χ4v) is 2.77. The van der Waals surface area contributed by atoms with E-state index in [0.29, 0.717) is 0 Å². The van der Waals surface area contributed by atoms with Gasteiger partial charge in [0.05, 0.1) is 5.60 Å². The molecule has 0 radical (unpaired) electrons. The maximum Gasteiger partial charge on any atom is 0.0682 e. The molecule has 1 aromatic rings. The number of benzene rings is 1.